The molecular formula is C30H34O4. The van der Waals surface area contributed by atoms with Crippen molar-refractivity contribution in [3.05, 3.63) is 92.2 Å². The van der Waals surface area contributed by atoms with Crippen LogP contribution in [0.5, 0.6) is 0 Å². The number of carbonyl (C=O) groups is 2. The summed E-state index contributed by atoms with van der Waals surface area (Å²) in [6.07, 6.45) is 11.6. The molecule has 2 unspecified atom stereocenters. The van der Waals surface area contributed by atoms with Crippen molar-refractivity contribution in [2.45, 2.75) is 66.6 Å². The van der Waals surface area contributed by atoms with Crippen molar-refractivity contribution in [1.82, 2.24) is 0 Å². The molecule has 2 N–H and O–H groups in total. The van der Waals surface area contributed by atoms with E-state index in [-0.39, 0.29) is 23.0 Å². The lowest BCUT2D eigenvalue weighted by Crippen LogP contribution is -2.36. The van der Waals surface area contributed by atoms with E-state index in [1.54, 1.807) is 0 Å². The predicted molar refractivity (Wildman–Crippen MR) is 135 cm³/mol. The van der Waals surface area contributed by atoms with E-state index < -0.39 is 22.8 Å². The third-order valence-electron chi connectivity index (χ3n) is 7.47. The number of rotatable bonds is 3. The van der Waals surface area contributed by atoms with Gasteiger partial charge < -0.3 is 10.2 Å². The van der Waals surface area contributed by atoms with Gasteiger partial charge in [-0.15, -0.1) is 0 Å². The Morgan fingerprint density at radius 3 is 1.24 bits per heavy atom. The molecule has 0 radical (unpaired) electrons. The van der Waals surface area contributed by atoms with Gasteiger partial charge in [-0.1, -0.05) is 64.2 Å². The largest absolute Gasteiger partial charge is 0.377 e. The van der Waals surface area contributed by atoms with Gasteiger partial charge in [-0.25, -0.2) is 0 Å². The van der Waals surface area contributed by atoms with Crippen molar-refractivity contribution in [2.24, 2.45) is 11.8 Å². The van der Waals surface area contributed by atoms with E-state index in [4.69, 9.17) is 0 Å². The Labute approximate surface area is 202 Å². The molecule has 0 aliphatic heterocycles. The van der Waals surface area contributed by atoms with Crippen LogP contribution >= 0.6 is 0 Å². The van der Waals surface area contributed by atoms with Gasteiger partial charge in [-0.05, 0) is 84.1 Å². The van der Waals surface area contributed by atoms with Gasteiger partial charge in [0.05, 0.1) is 0 Å². The summed E-state index contributed by atoms with van der Waals surface area (Å²) >= 11 is 0. The van der Waals surface area contributed by atoms with Gasteiger partial charge in [0, 0.05) is 11.1 Å². The lowest BCUT2D eigenvalue weighted by atomic mass is 9.89. The lowest BCUT2D eigenvalue weighted by Gasteiger charge is -2.20. The number of ketones is 2. The molecule has 34 heavy (non-hydrogen) atoms. The topological polar surface area (TPSA) is 74.6 Å². The van der Waals surface area contributed by atoms with Crippen LogP contribution in [0.15, 0.2) is 92.2 Å². The number of hydrogen-bond acceptors (Lipinski definition) is 4. The molecule has 2 atom stereocenters. The van der Waals surface area contributed by atoms with E-state index in [2.05, 4.69) is 27.7 Å². The van der Waals surface area contributed by atoms with Gasteiger partial charge in [-0.2, -0.15) is 0 Å². The number of carbonyl (C=O) groups excluding carboxylic acids is 2. The second kappa shape index (κ2) is 7.86. The number of fused-ring (bicyclic) bond motifs is 2. The first-order chi connectivity index (χ1) is 15.7. The summed E-state index contributed by atoms with van der Waals surface area (Å²) in [6, 6.07) is 0. The molecule has 0 bridgehead atoms. The molecule has 4 rings (SSSR count). The molecule has 4 nitrogen and oxygen atoms in total. The molecule has 4 aliphatic rings. The maximum Gasteiger partial charge on any atom is 0.200 e. The Hall–Kier alpha value is -2.82. The third kappa shape index (κ3) is 3.35. The highest BCUT2D eigenvalue weighted by atomic mass is 16.3. The Balaban J connectivity index is 2.10. The van der Waals surface area contributed by atoms with Crippen molar-refractivity contribution < 1.29 is 19.8 Å². The number of allylic oxidation sites excluding steroid dienone is 10. The highest BCUT2D eigenvalue weighted by Crippen LogP contribution is 2.52. The fraction of sp³-hybridized carbons (Fsp3) is 0.400. The Morgan fingerprint density at radius 1 is 0.618 bits per heavy atom. The zero-order valence-electron chi connectivity index (χ0n) is 21.3. The van der Waals surface area contributed by atoms with E-state index in [9.17, 15) is 19.8 Å². The second-order valence-electron chi connectivity index (χ2n) is 10.8. The molecule has 0 aromatic rings. The van der Waals surface area contributed by atoms with Crippen molar-refractivity contribution in [1.29, 1.82) is 0 Å². The number of hydrogen-bond donors (Lipinski definition) is 2. The van der Waals surface area contributed by atoms with Gasteiger partial charge in [0.1, 0.15) is 0 Å². The molecule has 0 heterocycles. The van der Waals surface area contributed by atoms with E-state index >= 15 is 0 Å². The summed E-state index contributed by atoms with van der Waals surface area (Å²) in [4.78, 5) is 27.6. The predicted octanol–water partition coefficient (Wildman–Crippen LogP) is 5.18. The maximum atomic E-state index is 13.8. The first-order valence-electron chi connectivity index (χ1n) is 12.0. The molecule has 4 aliphatic carbocycles. The summed E-state index contributed by atoms with van der Waals surface area (Å²) in [5.74, 6) is -0.616. The molecule has 0 aromatic carbocycles. The summed E-state index contributed by atoms with van der Waals surface area (Å²) in [7, 11) is 0. The summed E-state index contributed by atoms with van der Waals surface area (Å²) < 4.78 is 0. The van der Waals surface area contributed by atoms with Crippen LogP contribution in [0, 0.1) is 11.8 Å². The van der Waals surface area contributed by atoms with Crippen LogP contribution in [0.25, 0.3) is 0 Å². The minimum absolute atomic E-state index is 0.198. The van der Waals surface area contributed by atoms with Crippen LogP contribution in [0.1, 0.15) is 55.4 Å². The van der Waals surface area contributed by atoms with Gasteiger partial charge in [-0.3, -0.25) is 9.59 Å². The van der Waals surface area contributed by atoms with Crippen LogP contribution in [-0.4, -0.2) is 33.0 Å². The SMILES string of the molecule is CC1=CC=C(C(C)C)C=C2C1=C(C1=C3C(C)=CC=C(C(C)C)C=C3C(C)(O)C1=O)C(=O)C2(C)O. The third-order valence-corrected chi connectivity index (χ3v) is 7.47. The smallest absolute Gasteiger partial charge is 0.200 e. The van der Waals surface area contributed by atoms with E-state index in [1.807, 2.05) is 50.3 Å². The van der Waals surface area contributed by atoms with Crippen LogP contribution in [-0.2, 0) is 9.59 Å². The van der Waals surface area contributed by atoms with Gasteiger partial charge in [0.15, 0.2) is 22.8 Å². The summed E-state index contributed by atoms with van der Waals surface area (Å²) in [5, 5.41) is 22.9. The number of aliphatic hydroxyl groups is 2. The first-order valence-corrected chi connectivity index (χ1v) is 12.0. The maximum absolute atomic E-state index is 13.8. The molecular weight excluding hydrogens is 424 g/mol. The Morgan fingerprint density at radius 2 is 0.941 bits per heavy atom. The Kier molecular flexibility index (Phi) is 5.62. The molecule has 0 amide bonds. The van der Waals surface area contributed by atoms with Crippen LogP contribution in [0.2, 0.25) is 0 Å². The van der Waals surface area contributed by atoms with Crippen LogP contribution in [0.3, 0.4) is 0 Å². The standard InChI is InChI=1S/C30H34O4/c1-15(2)19-11-9-17(5)23-21(13-19)29(7,33)27(31)25(23)26-24-18(6)10-12-20(16(3)4)14-22(24)30(8,34)28(26)32/h9-16,33-34H,1-8H3. The van der Waals surface area contributed by atoms with E-state index in [0.717, 1.165) is 22.3 Å². The van der Waals surface area contributed by atoms with Gasteiger partial charge in [0.25, 0.3) is 0 Å². The fourth-order valence-electron chi connectivity index (χ4n) is 5.19. The molecule has 178 valence electrons. The van der Waals surface area contributed by atoms with Crippen molar-refractivity contribution >= 4 is 11.6 Å². The summed E-state index contributed by atoms with van der Waals surface area (Å²) in [6.45, 7) is 15.0. The minimum Gasteiger partial charge on any atom is -0.377 e. The molecule has 0 saturated carbocycles. The molecule has 0 spiro atoms. The molecule has 4 heteroatoms. The average molecular weight is 459 g/mol. The van der Waals surface area contributed by atoms with Crippen molar-refractivity contribution in [3.63, 3.8) is 0 Å². The Bertz CT molecular complexity index is 1170. The first kappa shape index (κ1) is 24.3. The lowest BCUT2D eigenvalue weighted by molar-refractivity contribution is -0.129. The van der Waals surface area contributed by atoms with Crippen molar-refractivity contribution in [3.8, 4) is 0 Å². The monoisotopic (exact) mass is 458 g/mol. The van der Waals surface area contributed by atoms with Crippen LogP contribution < -0.4 is 0 Å². The van der Waals surface area contributed by atoms with E-state index in [0.29, 0.717) is 22.3 Å². The average Bonchev–Trinajstić information content (AvgIpc) is 2.92. The highest BCUT2D eigenvalue weighted by Gasteiger charge is 2.55. The van der Waals surface area contributed by atoms with Gasteiger partial charge in [0.2, 0.25) is 0 Å². The zero-order valence-corrected chi connectivity index (χ0v) is 21.3. The minimum atomic E-state index is -1.77. The highest BCUT2D eigenvalue weighted by molar-refractivity contribution is 6.25. The number of Topliss-reactive ketones (excluding diaryl/α,β-unsaturated/α-hetero) is 2. The second-order valence-corrected chi connectivity index (χ2v) is 10.8. The zero-order chi connectivity index (χ0) is 25.3. The van der Waals surface area contributed by atoms with Crippen LogP contribution in [0.4, 0.5) is 0 Å². The van der Waals surface area contributed by atoms with E-state index in [1.165, 1.54) is 13.8 Å². The molecule has 0 saturated heterocycles. The molecule has 0 aromatic heterocycles. The fourth-order valence-corrected chi connectivity index (χ4v) is 5.19. The quantitative estimate of drug-likeness (QED) is 0.611. The molecule has 0 fully saturated rings. The van der Waals surface area contributed by atoms with Gasteiger partial charge >= 0.3 is 0 Å². The normalized spacial score (nSPS) is 29.4. The van der Waals surface area contributed by atoms with Crippen molar-refractivity contribution in [2.75, 3.05) is 0 Å². The summed E-state index contributed by atoms with van der Waals surface area (Å²) in [5.41, 5.74) is 2.65.